The number of nitrogens with zero attached hydrogens (tertiary/aromatic N) is 1. The Hall–Kier alpha value is -3.47. The Morgan fingerprint density at radius 3 is 2.30 bits per heavy atom. The predicted molar refractivity (Wildman–Crippen MR) is 106 cm³/mol. The zero-order chi connectivity index (χ0) is 18.8. The number of methoxy groups -OCH3 is 2. The zero-order valence-electron chi connectivity index (χ0n) is 15.2. The minimum Gasteiger partial charge on any atom is -0.497 e. The van der Waals surface area contributed by atoms with Gasteiger partial charge in [0.1, 0.15) is 11.5 Å². The van der Waals surface area contributed by atoms with Crippen LogP contribution in [0.15, 0.2) is 66.7 Å². The third kappa shape index (κ3) is 3.19. The molecule has 0 spiro atoms. The van der Waals surface area contributed by atoms with E-state index < -0.39 is 0 Å². The van der Waals surface area contributed by atoms with Gasteiger partial charge in [0.2, 0.25) is 0 Å². The fraction of sp³-hybridized carbons (Fsp3) is 0.136. The van der Waals surface area contributed by atoms with Crippen LogP contribution in [0.1, 0.15) is 15.9 Å². The van der Waals surface area contributed by atoms with Gasteiger partial charge < -0.3 is 19.7 Å². The minimum absolute atomic E-state index is 0.0795. The number of hydrogen-bond donors (Lipinski definition) is 1. The molecule has 3 aromatic rings. The van der Waals surface area contributed by atoms with Crippen LogP contribution in [0.5, 0.6) is 11.5 Å². The standard InChI is InChI=1S/C22H20N2O3/c1-26-16-8-10-19-18(12-16)22(25)24(14-15-6-4-3-5-7-15)21-11-9-17(27-2)13-20(21)23-19/h3-13,23H,14H2,1-2H3. The highest BCUT2D eigenvalue weighted by Crippen LogP contribution is 2.39. The summed E-state index contributed by atoms with van der Waals surface area (Å²) in [7, 11) is 3.22. The van der Waals surface area contributed by atoms with Crippen molar-refractivity contribution >= 4 is 23.0 Å². The lowest BCUT2D eigenvalue weighted by Crippen LogP contribution is -2.29. The van der Waals surface area contributed by atoms with Gasteiger partial charge in [0.25, 0.3) is 5.91 Å². The molecule has 1 amide bonds. The third-order valence-corrected chi connectivity index (χ3v) is 4.65. The van der Waals surface area contributed by atoms with Crippen molar-refractivity contribution in [3.05, 3.63) is 77.9 Å². The molecule has 1 N–H and O–H groups in total. The maximum Gasteiger partial charge on any atom is 0.260 e. The monoisotopic (exact) mass is 360 g/mol. The average molecular weight is 360 g/mol. The number of hydrogen-bond acceptors (Lipinski definition) is 4. The van der Waals surface area contributed by atoms with Gasteiger partial charge in [0, 0.05) is 6.07 Å². The van der Waals surface area contributed by atoms with Crippen LogP contribution in [0.2, 0.25) is 0 Å². The number of fused-ring (bicyclic) bond motifs is 2. The van der Waals surface area contributed by atoms with E-state index in [0.29, 0.717) is 17.9 Å². The summed E-state index contributed by atoms with van der Waals surface area (Å²) in [6.45, 7) is 0.470. The van der Waals surface area contributed by atoms with Gasteiger partial charge >= 0.3 is 0 Å². The Labute approximate surface area is 158 Å². The molecule has 5 heteroatoms. The minimum atomic E-state index is -0.0795. The first kappa shape index (κ1) is 17.0. The van der Waals surface area contributed by atoms with E-state index in [1.807, 2.05) is 60.7 Å². The van der Waals surface area contributed by atoms with E-state index in [1.165, 1.54) is 0 Å². The summed E-state index contributed by atoms with van der Waals surface area (Å²) in [5.41, 5.74) is 3.99. The van der Waals surface area contributed by atoms with Crippen molar-refractivity contribution < 1.29 is 14.3 Å². The highest BCUT2D eigenvalue weighted by molar-refractivity contribution is 6.13. The predicted octanol–water partition coefficient (Wildman–Crippen LogP) is 4.61. The molecule has 136 valence electrons. The van der Waals surface area contributed by atoms with E-state index in [9.17, 15) is 4.79 Å². The van der Waals surface area contributed by atoms with E-state index in [1.54, 1.807) is 25.2 Å². The van der Waals surface area contributed by atoms with Crippen molar-refractivity contribution in [3.63, 3.8) is 0 Å². The zero-order valence-corrected chi connectivity index (χ0v) is 15.2. The lowest BCUT2D eigenvalue weighted by molar-refractivity contribution is 0.0986. The molecule has 0 saturated heterocycles. The molecular formula is C22H20N2O3. The van der Waals surface area contributed by atoms with Gasteiger partial charge in [0.15, 0.2) is 0 Å². The molecule has 3 aromatic carbocycles. The number of ether oxygens (including phenoxy) is 2. The lowest BCUT2D eigenvalue weighted by atomic mass is 10.1. The van der Waals surface area contributed by atoms with Crippen LogP contribution < -0.4 is 19.7 Å². The Kier molecular flexibility index (Phi) is 4.42. The molecule has 1 aliphatic heterocycles. The largest absolute Gasteiger partial charge is 0.497 e. The first-order valence-corrected chi connectivity index (χ1v) is 8.68. The lowest BCUT2D eigenvalue weighted by Gasteiger charge is -2.23. The van der Waals surface area contributed by atoms with Gasteiger partial charge in [0.05, 0.1) is 43.4 Å². The summed E-state index contributed by atoms with van der Waals surface area (Å²) >= 11 is 0. The first-order valence-electron chi connectivity index (χ1n) is 8.68. The fourth-order valence-corrected chi connectivity index (χ4v) is 3.24. The summed E-state index contributed by atoms with van der Waals surface area (Å²) < 4.78 is 10.7. The Morgan fingerprint density at radius 1 is 0.852 bits per heavy atom. The number of nitrogens with one attached hydrogen (secondary N) is 1. The number of anilines is 3. The molecule has 0 fully saturated rings. The molecule has 0 atom stereocenters. The maximum absolute atomic E-state index is 13.4. The van der Waals surface area contributed by atoms with E-state index in [4.69, 9.17) is 9.47 Å². The van der Waals surface area contributed by atoms with Crippen LogP contribution in [0.25, 0.3) is 0 Å². The van der Waals surface area contributed by atoms with Crippen molar-refractivity contribution in [1.82, 2.24) is 0 Å². The van der Waals surface area contributed by atoms with Gasteiger partial charge in [-0.05, 0) is 35.9 Å². The van der Waals surface area contributed by atoms with Gasteiger partial charge in [-0.1, -0.05) is 30.3 Å². The van der Waals surface area contributed by atoms with Gasteiger partial charge in [-0.25, -0.2) is 0 Å². The second kappa shape index (κ2) is 7.03. The van der Waals surface area contributed by atoms with E-state index in [0.717, 1.165) is 28.4 Å². The second-order valence-electron chi connectivity index (χ2n) is 6.30. The van der Waals surface area contributed by atoms with Gasteiger partial charge in [-0.15, -0.1) is 0 Å². The van der Waals surface area contributed by atoms with Crippen LogP contribution in [0, 0.1) is 0 Å². The van der Waals surface area contributed by atoms with Gasteiger partial charge in [-0.3, -0.25) is 4.79 Å². The van der Waals surface area contributed by atoms with E-state index in [-0.39, 0.29) is 5.91 Å². The number of carbonyl (C=O) groups is 1. The van der Waals surface area contributed by atoms with Crippen LogP contribution in [0.4, 0.5) is 17.1 Å². The summed E-state index contributed by atoms with van der Waals surface area (Å²) in [5.74, 6) is 1.29. The molecule has 0 radical (unpaired) electrons. The summed E-state index contributed by atoms with van der Waals surface area (Å²) in [5, 5.41) is 3.38. The summed E-state index contributed by atoms with van der Waals surface area (Å²) in [6, 6.07) is 21.1. The number of rotatable bonds is 4. The van der Waals surface area contributed by atoms with Crippen molar-refractivity contribution in [2.45, 2.75) is 6.54 Å². The number of amides is 1. The second-order valence-corrected chi connectivity index (χ2v) is 6.30. The summed E-state index contributed by atoms with van der Waals surface area (Å²) in [4.78, 5) is 15.2. The molecule has 0 aromatic heterocycles. The van der Waals surface area contributed by atoms with E-state index >= 15 is 0 Å². The van der Waals surface area contributed by atoms with Crippen LogP contribution in [0.3, 0.4) is 0 Å². The molecule has 27 heavy (non-hydrogen) atoms. The SMILES string of the molecule is COc1ccc2c(c1)Nc1ccc(OC)cc1C(=O)N2Cc1ccccc1. The molecule has 0 saturated carbocycles. The fourth-order valence-electron chi connectivity index (χ4n) is 3.24. The number of carbonyl (C=O) groups excluding carboxylic acids is 1. The molecule has 0 bridgehead atoms. The molecule has 0 unspecified atom stereocenters. The maximum atomic E-state index is 13.4. The van der Waals surface area contributed by atoms with Crippen LogP contribution >= 0.6 is 0 Å². The Morgan fingerprint density at radius 2 is 1.56 bits per heavy atom. The average Bonchev–Trinajstić information content (AvgIpc) is 2.83. The molecule has 0 aliphatic carbocycles. The Bertz CT molecular complexity index is 986. The van der Waals surface area contributed by atoms with Crippen molar-refractivity contribution in [2.75, 3.05) is 24.4 Å². The number of benzene rings is 3. The third-order valence-electron chi connectivity index (χ3n) is 4.65. The highest BCUT2D eigenvalue weighted by Gasteiger charge is 2.27. The highest BCUT2D eigenvalue weighted by atomic mass is 16.5. The van der Waals surface area contributed by atoms with Crippen LogP contribution in [-0.4, -0.2) is 20.1 Å². The van der Waals surface area contributed by atoms with Crippen molar-refractivity contribution in [3.8, 4) is 11.5 Å². The van der Waals surface area contributed by atoms with Crippen LogP contribution in [-0.2, 0) is 6.54 Å². The molecular weight excluding hydrogens is 340 g/mol. The van der Waals surface area contributed by atoms with E-state index in [2.05, 4.69) is 5.32 Å². The molecule has 1 heterocycles. The first-order chi connectivity index (χ1) is 13.2. The molecule has 5 nitrogen and oxygen atoms in total. The van der Waals surface area contributed by atoms with Crippen molar-refractivity contribution in [1.29, 1.82) is 0 Å². The van der Waals surface area contributed by atoms with Gasteiger partial charge in [-0.2, -0.15) is 0 Å². The Balaban J connectivity index is 1.85. The molecule has 1 aliphatic rings. The quantitative estimate of drug-likeness (QED) is 0.738. The molecule has 4 rings (SSSR count). The normalized spacial score (nSPS) is 12.5. The topological polar surface area (TPSA) is 50.8 Å². The van der Waals surface area contributed by atoms with Crippen molar-refractivity contribution in [2.24, 2.45) is 0 Å². The summed E-state index contributed by atoms with van der Waals surface area (Å²) in [6.07, 6.45) is 0. The smallest absolute Gasteiger partial charge is 0.260 e.